The lowest BCUT2D eigenvalue weighted by Crippen LogP contribution is -2.61. The fraction of sp³-hybridized carbons (Fsp3) is 0.220. The molecule has 0 saturated carbocycles. The molecule has 4 nitrogen and oxygen atoms in total. The topological polar surface area (TPSA) is 16.3 Å². The highest BCUT2D eigenvalue weighted by molar-refractivity contribution is 7.00. The van der Waals surface area contributed by atoms with E-state index >= 15 is 0 Å². The van der Waals surface area contributed by atoms with E-state index in [-0.39, 0.29) is 28.4 Å². The van der Waals surface area contributed by atoms with Crippen LogP contribution in [-0.4, -0.2) is 15.8 Å². The summed E-state index contributed by atoms with van der Waals surface area (Å²) in [4.78, 5) is 5.48. The van der Waals surface area contributed by atoms with Crippen molar-refractivity contribution in [1.29, 1.82) is 0 Å². The predicted molar refractivity (Wildman–Crippen MR) is 454 cm³/mol. The molecule has 0 N–H and O–H groups in total. The summed E-state index contributed by atoms with van der Waals surface area (Å²) in [6.07, 6.45) is 5.51. The number of anilines is 6. The van der Waals surface area contributed by atoms with Crippen LogP contribution in [-0.2, 0) is 28.1 Å². The number of benzene rings is 13. The first-order chi connectivity index (χ1) is 50.6. The molecule has 2 aliphatic heterocycles. The van der Waals surface area contributed by atoms with Crippen molar-refractivity contribution in [3.63, 3.8) is 0 Å². The fourth-order valence-corrected chi connectivity index (χ4v) is 17.1. The van der Waals surface area contributed by atoms with Gasteiger partial charge in [-0.3, -0.25) is 0 Å². The van der Waals surface area contributed by atoms with Crippen LogP contribution in [0.15, 0.2) is 279 Å². The van der Waals surface area contributed by atoms with Gasteiger partial charge < -0.3 is 18.9 Å². The molecule has 13 aromatic carbocycles. The molecule has 0 bridgehead atoms. The van der Waals surface area contributed by atoms with Gasteiger partial charge in [0, 0.05) is 77.9 Å². The molecule has 0 fully saturated rings. The zero-order valence-corrected chi connectivity index (χ0v) is 63.5. The minimum atomic E-state index is -0.207. The molecule has 518 valence electrons. The molecule has 0 aliphatic carbocycles. The van der Waals surface area contributed by atoms with Crippen molar-refractivity contribution in [2.45, 2.75) is 144 Å². The average molecular weight is 1360 g/mol. The Morgan fingerprint density at radius 2 is 0.600 bits per heavy atom. The number of hydrogen-bond acceptors (Lipinski definition) is 2. The van der Waals surface area contributed by atoms with E-state index in [9.17, 15) is 0 Å². The average Bonchev–Trinajstić information content (AvgIpc) is 0.924. The van der Waals surface area contributed by atoms with Gasteiger partial charge in [0.25, 0.3) is 6.71 Å². The number of rotatable bonds is 13. The molecule has 4 heterocycles. The number of fused-ring (bicyclic) bond motifs is 10. The Morgan fingerprint density at radius 3 is 0.895 bits per heavy atom. The fourth-order valence-electron chi connectivity index (χ4n) is 17.1. The molecule has 17 rings (SSSR count). The van der Waals surface area contributed by atoms with Gasteiger partial charge in [0.2, 0.25) is 0 Å². The smallest absolute Gasteiger partial charge is 0.252 e. The van der Waals surface area contributed by atoms with E-state index in [4.69, 9.17) is 0 Å². The van der Waals surface area contributed by atoms with Gasteiger partial charge in [-0.05, 0) is 186 Å². The Hall–Kier alpha value is -10.9. The summed E-state index contributed by atoms with van der Waals surface area (Å²) in [7, 11) is 0. The van der Waals surface area contributed by atoms with E-state index in [2.05, 4.69) is 388 Å². The number of hydrogen-bond donors (Lipinski definition) is 0. The van der Waals surface area contributed by atoms with E-state index in [0.29, 0.717) is 0 Å². The normalized spacial score (nSPS) is 13.1. The second kappa shape index (κ2) is 25.8. The second-order valence-corrected chi connectivity index (χ2v) is 33.9. The van der Waals surface area contributed by atoms with Gasteiger partial charge in [0.15, 0.2) is 0 Å². The minimum Gasteiger partial charge on any atom is -0.310 e. The lowest BCUT2D eigenvalue weighted by molar-refractivity contribution is 0.590. The summed E-state index contributed by atoms with van der Waals surface area (Å²) < 4.78 is 5.15. The number of para-hydroxylation sites is 2. The van der Waals surface area contributed by atoms with E-state index in [1.807, 2.05) is 0 Å². The Balaban J connectivity index is 1.03. The first-order valence-corrected chi connectivity index (χ1v) is 38.3. The Labute approximate surface area is 622 Å². The predicted octanol–water partition coefficient (Wildman–Crippen LogP) is 25.9. The van der Waals surface area contributed by atoms with E-state index in [1.54, 1.807) is 0 Å². The van der Waals surface area contributed by atoms with E-state index in [0.717, 1.165) is 59.8 Å². The Bertz CT molecular complexity index is 5260. The van der Waals surface area contributed by atoms with E-state index < -0.39 is 0 Å². The molecule has 0 amide bonds. The third-order valence-corrected chi connectivity index (χ3v) is 22.8. The first kappa shape index (κ1) is 67.3. The van der Waals surface area contributed by atoms with Crippen molar-refractivity contribution in [3.8, 4) is 55.9 Å². The summed E-state index contributed by atoms with van der Waals surface area (Å²) in [5.74, 6) is 0. The monoisotopic (exact) mass is 1360 g/mol. The molecule has 105 heavy (non-hydrogen) atoms. The molecule has 0 radical (unpaired) electrons. The molecule has 2 aromatic heterocycles. The molecule has 0 saturated heterocycles. The molecule has 0 unspecified atom stereocenters. The highest BCUT2D eigenvalue weighted by atomic mass is 15.2. The molecular formula is C100H95BN4. The van der Waals surface area contributed by atoms with Crippen LogP contribution in [0.4, 0.5) is 34.1 Å². The van der Waals surface area contributed by atoms with Crippen molar-refractivity contribution < 1.29 is 0 Å². The van der Waals surface area contributed by atoms with Crippen LogP contribution in [0.25, 0.3) is 99.5 Å². The summed E-state index contributed by atoms with van der Waals surface area (Å²) in [6, 6.07) is 108. The molecular weight excluding hydrogens is 1270 g/mol. The van der Waals surface area contributed by atoms with Crippen LogP contribution in [0.2, 0.25) is 0 Å². The standard InChI is InChI=1S/C100H95BN4/c1-14-15-16-21-32-65-57-92-94-93(58-65)105(96-78(68-37-26-19-27-38-68)43-31-44-79(96)69-39-28-20-29-40-69)91-64-75(103-88-55-47-72(99(8,9)10)61-82(88)83-62-73(100(11,12)13)48-56-89(83)103)50-52-85(91)101(94)84-51-49-74(102-86-53-45-70(97(2,3)4)59-80(86)81-60-71(98(5,6)7)46-54-87(81)102)63-90(84)104(92)95-76(66-33-22-17-23-34-66)41-30-42-77(95)67-35-24-18-25-36-67/h17-20,22-31,33-64H,14-16,21,32H2,1-13H3. The molecule has 15 aromatic rings. The van der Waals surface area contributed by atoms with Crippen LogP contribution in [0.3, 0.4) is 0 Å². The van der Waals surface area contributed by atoms with Crippen LogP contribution in [0, 0.1) is 0 Å². The Morgan fingerprint density at radius 1 is 0.286 bits per heavy atom. The zero-order valence-electron chi connectivity index (χ0n) is 63.5. The van der Waals surface area contributed by atoms with E-state index in [1.165, 1.54) is 150 Å². The van der Waals surface area contributed by atoms with Gasteiger partial charge >= 0.3 is 0 Å². The molecule has 5 heteroatoms. The van der Waals surface area contributed by atoms with Gasteiger partial charge in [0.1, 0.15) is 0 Å². The first-order valence-electron chi connectivity index (χ1n) is 38.3. The van der Waals surface area contributed by atoms with Gasteiger partial charge in [-0.15, -0.1) is 0 Å². The second-order valence-electron chi connectivity index (χ2n) is 33.9. The van der Waals surface area contributed by atoms with Crippen LogP contribution >= 0.6 is 0 Å². The van der Waals surface area contributed by atoms with Crippen molar-refractivity contribution in [1.82, 2.24) is 9.13 Å². The summed E-state index contributed by atoms with van der Waals surface area (Å²) in [5.41, 5.74) is 33.7. The van der Waals surface area contributed by atoms with Crippen molar-refractivity contribution in [2.24, 2.45) is 0 Å². The lowest BCUT2D eigenvalue weighted by Gasteiger charge is -2.46. The summed E-state index contributed by atoms with van der Waals surface area (Å²) >= 11 is 0. The van der Waals surface area contributed by atoms with Gasteiger partial charge in [-0.1, -0.05) is 303 Å². The quantitative estimate of drug-likeness (QED) is 0.0845. The van der Waals surface area contributed by atoms with Gasteiger partial charge in [-0.25, -0.2) is 0 Å². The third-order valence-electron chi connectivity index (χ3n) is 22.8. The van der Waals surface area contributed by atoms with Crippen molar-refractivity contribution in [3.05, 3.63) is 307 Å². The highest BCUT2D eigenvalue weighted by Crippen LogP contribution is 2.54. The molecule has 2 aliphatic rings. The number of aromatic nitrogens is 2. The van der Waals surface area contributed by atoms with Gasteiger partial charge in [0.05, 0.1) is 33.4 Å². The number of aryl methyl sites for hydroxylation is 1. The van der Waals surface area contributed by atoms with Crippen LogP contribution < -0.4 is 26.2 Å². The summed E-state index contributed by atoms with van der Waals surface area (Å²) in [6.45, 7) is 30.2. The number of unbranched alkanes of at least 4 members (excludes halogenated alkanes) is 3. The van der Waals surface area contributed by atoms with Crippen LogP contribution in [0.5, 0.6) is 0 Å². The maximum absolute atomic E-state index is 2.74. The highest BCUT2D eigenvalue weighted by Gasteiger charge is 2.46. The molecule has 0 spiro atoms. The van der Waals surface area contributed by atoms with Gasteiger partial charge in [-0.2, -0.15) is 0 Å². The zero-order chi connectivity index (χ0) is 72.4. The van der Waals surface area contributed by atoms with Crippen LogP contribution in [0.1, 0.15) is 144 Å². The maximum atomic E-state index is 2.74. The SMILES string of the molecule is CCCCCCc1cc2c3c(c1)N(c1c(-c4ccccc4)cccc1-c1ccccc1)c1cc(-n4c5ccc(C(C)(C)C)cc5c5cc(C(C)(C)C)ccc54)ccc1B3c1ccc(-n3c4ccc(C(C)(C)C)cc4c4cc(C(C)(C)C)ccc43)cc1N2c1c(-c2ccccc2)cccc1-c1ccccc1. The molecule has 0 atom stereocenters. The largest absolute Gasteiger partial charge is 0.310 e. The lowest BCUT2D eigenvalue weighted by atomic mass is 9.33. The Kier molecular flexibility index (Phi) is 16.5. The minimum absolute atomic E-state index is 0.0462. The number of nitrogens with zero attached hydrogens (tertiary/aromatic N) is 4. The maximum Gasteiger partial charge on any atom is 0.252 e. The van der Waals surface area contributed by atoms with Crippen molar-refractivity contribution in [2.75, 3.05) is 9.80 Å². The third kappa shape index (κ3) is 11.7. The summed E-state index contributed by atoms with van der Waals surface area (Å²) in [5, 5.41) is 5.10. The van der Waals surface area contributed by atoms with Crippen molar-refractivity contribution >= 4 is 101 Å².